The fourth-order valence-corrected chi connectivity index (χ4v) is 1.18. The maximum Gasteiger partial charge on any atom is 0.341 e. The number of esters is 1. The fraction of sp³-hybridized carbons (Fsp3) is 0.273. The van der Waals surface area contributed by atoms with E-state index in [1.807, 2.05) is 0 Å². The summed E-state index contributed by atoms with van der Waals surface area (Å²) < 4.78 is 18.1. The molecule has 0 heterocycles. The van der Waals surface area contributed by atoms with E-state index in [4.69, 9.17) is 10.5 Å². The minimum absolute atomic E-state index is 0.242. The van der Waals surface area contributed by atoms with Crippen LogP contribution in [-0.2, 0) is 9.53 Å². The minimum atomic E-state index is -0.992. The number of likely N-dealkylation sites (N-methyl/N-ethyl adjacent to an activating group) is 1. The number of halogens is 1. The van der Waals surface area contributed by atoms with Gasteiger partial charge >= 0.3 is 5.97 Å². The Hall–Kier alpha value is -2.11. The van der Waals surface area contributed by atoms with E-state index in [2.05, 4.69) is 5.32 Å². The molecule has 0 saturated heterocycles. The Balaban J connectivity index is 2.83. The van der Waals surface area contributed by atoms with Gasteiger partial charge in [0.05, 0.1) is 5.56 Å². The van der Waals surface area contributed by atoms with Gasteiger partial charge in [-0.15, -0.1) is 0 Å². The lowest BCUT2D eigenvalue weighted by Crippen LogP contribution is -2.33. The molecule has 1 atom stereocenters. The van der Waals surface area contributed by atoms with Gasteiger partial charge in [-0.2, -0.15) is 0 Å². The zero-order chi connectivity index (χ0) is 13.0. The average molecular weight is 240 g/mol. The second-order valence-corrected chi connectivity index (χ2v) is 3.40. The summed E-state index contributed by atoms with van der Waals surface area (Å²) >= 11 is 0. The first-order chi connectivity index (χ1) is 7.95. The molecule has 0 fully saturated rings. The highest BCUT2D eigenvalue weighted by atomic mass is 19.1. The van der Waals surface area contributed by atoms with Gasteiger partial charge in [-0.1, -0.05) is 0 Å². The van der Waals surface area contributed by atoms with Crippen molar-refractivity contribution < 1.29 is 18.7 Å². The van der Waals surface area contributed by atoms with Gasteiger partial charge in [0.2, 0.25) is 0 Å². The Morgan fingerprint density at radius 1 is 1.47 bits per heavy atom. The number of ether oxygens (including phenoxy) is 1. The SMILES string of the molecule is CNC(=O)C(C)OC(=O)c1cc(N)ccc1F. The average Bonchev–Trinajstić information content (AvgIpc) is 2.30. The molecule has 1 amide bonds. The third-order valence-electron chi connectivity index (χ3n) is 2.11. The summed E-state index contributed by atoms with van der Waals surface area (Å²) in [5.41, 5.74) is 5.38. The maximum atomic E-state index is 13.3. The molecular weight excluding hydrogens is 227 g/mol. The van der Waals surface area contributed by atoms with Crippen LogP contribution in [0.3, 0.4) is 0 Å². The number of amides is 1. The van der Waals surface area contributed by atoms with Crippen LogP contribution in [-0.4, -0.2) is 25.0 Å². The van der Waals surface area contributed by atoms with Crippen molar-refractivity contribution in [3.05, 3.63) is 29.6 Å². The van der Waals surface area contributed by atoms with E-state index in [9.17, 15) is 14.0 Å². The van der Waals surface area contributed by atoms with Crippen LogP contribution in [0.2, 0.25) is 0 Å². The van der Waals surface area contributed by atoms with Crippen molar-refractivity contribution in [1.82, 2.24) is 5.32 Å². The summed E-state index contributed by atoms with van der Waals surface area (Å²) in [7, 11) is 1.41. The van der Waals surface area contributed by atoms with Crippen LogP contribution < -0.4 is 11.1 Å². The smallest absolute Gasteiger partial charge is 0.341 e. The summed E-state index contributed by atoms with van der Waals surface area (Å²) in [4.78, 5) is 22.7. The molecule has 17 heavy (non-hydrogen) atoms. The molecule has 5 nitrogen and oxygen atoms in total. The van der Waals surface area contributed by atoms with Gasteiger partial charge in [-0.05, 0) is 25.1 Å². The third kappa shape index (κ3) is 3.17. The number of nitrogens with one attached hydrogen (secondary N) is 1. The van der Waals surface area contributed by atoms with Crippen LogP contribution in [0, 0.1) is 5.82 Å². The monoisotopic (exact) mass is 240 g/mol. The lowest BCUT2D eigenvalue weighted by atomic mass is 10.2. The summed E-state index contributed by atoms with van der Waals surface area (Å²) in [5.74, 6) is -2.14. The van der Waals surface area contributed by atoms with E-state index in [1.54, 1.807) is 0 Å². The maximum absolute atomic E-state index is 13.3. The van der Waals surface area contributed by atoms with E-state index in [-0.39, 0.29) is 11.3 Å². The summed E-state index contributed by atoms with van der Waals surface area (Å²) in [5, 5.41) is 2.31. The van der Waals surface area contributed by atoms with Gasteiger partial charge in [-0.3, -0.25) is 4.79 Å². The van der Waals surface area contributed by atoms with E-state index in [0.29, 0.717) is 0 Å². The second-order valence-electron chi connectivity index (χ2n) is 3.40. The Labute approximate surface area is 97.7 Å². The van der Waals surface area contributed by atoms with E-state index in [1.165, 1.54) is 20.0 Å². The lowest BCUT2D eigenvalue weighted by Gasteiger charge is -2.12. The van der Waals surface area contributed by atoms with E-state index < -0.39 is 23.8 Å². The molecule has 0 saturated carbocycles. The molecule has 0 aliphatic carbocycles. The van der Waals surface area contributed by atoms with Crippen LogP contribution in [0.15, 0.2) is 18.2 Å². The number of nitrogens with two attached hydrogens (primary N) is 1. The Kier molecular flexibility index (Phi) is 4.03. The van der Waals surface area contributed by atoms with Crippen LogP contribution in [0.25, 0.3) is 0 Å². The number of carbonyl (C=O) groups excluding carboxylic acids is 2. The molecule has 0 radical (unpaired) electrons. The van der Waals surface area contributed by atoms with E-state index >= 15 is 0 Å². The number of anilines is 1. The van der Waals surface area contributed by atoms with Crippen LogP contribution in [0.1, 0.15) is 17.3 Å². The first kappa shape index (κ1) is 13.0. The number of benzene rings is 1. The second kappa shape index (κ2) is 5.29. The van der Waals surface area contributed by atoms with Crippen LogP contribution in [0.5, 0.6) is 0 Å². The number of nitrogen functional groups attached to an aromatic ring is 1. The standard InChI is InChI=1S/C11H13FN2O3/c1-6(10(15)14-2)17-11(16)8-5-7(13)3-4-9(8)12/h3-6H,13H2,1-2H3,(H,14,15). The number of rotatable bonds is 3. The predicted molar refractivity (Wildman–Crippen MR) is 59.8 cm³/mol. The van der Waals surface area contributed by atoms with Gasteiger partial charge in [0.15, 0.2) is 6.10 Å². The van der Waals surface area contributed by atoms with Crippen molar-refractivity contribution in [3.63, 3.8) is 0 Å². The Bertz CT molecular complexity index is 448. The molecule has 0 aliphatic heterocycles. The molecule has 0 aromatic heterocycles. The van der Waals surface area contributed by atoms with Crippen molar-refractivity contribution in [1.29, 1.82) is 0 Å². The van der Waals surface area contributed by atoms with Crippen LogP contribution >= 0.6 is 0 Å². The molecule has 1 aromatic carbocycles. The molecule has 6 heteroatoms. The summed E-state index contributed by atoms with van der Waals surface area (Å²) in [6.07, 6.45) is -0.992. The minimum Gasteiger partial charge on any atom is -0.449 e. The predicted octanol–water partition coefficient (Wildman–Crippen LogP) is 0.699. The van der Waals surface area contributed by atoms with Crippen molar-refractivity contribution in [3.8, 4) is 0 Å². The Morgan fingerprint density at radius 2 is 2.12 bits per heavy atom. The zero-order valence-corrected chi connectivity index (χ0v) is 9.49. The zero-order valence-electron chi connectivity index (χ0n) is 9.49. The van der Waals surface area contributed by atoms with Gasteiger partial charge in [-0.25, -0.2) is 9.18 Å². The first-order valence-corrected chi connectivity index (χ1v) is 4.93. The number of hydrogen-bond donors (Lipinski definition) is 2. The molecule has 1 unspecified atom stereocenters. The van der Waals surface area contributed by atoms with Gasteiger partial charge in [0.25, 0.3) is 5.91 Å². The number of hydrogen-bond acceptors (Lipinski definition) is 4. The van der Waals surface area contributed by atoms with Gasteiger partial charge < -0.3 is 15.8 Å². The topological polar surface area (TPSA) is 81.4 Å². The summed E-state index contributed by atoms with van der Waals surface area (Å²) in [6, 6.07) is 3.55. The molecule has 92 valence electrons. The van der Waals surface area contributed by atoms with Crippen molar-refractivity contribution in [2.75, 3.05) is 12.8 Å². The summed E-state index contributed by atoms with van der Waals surface area (Å²) in [6.45, 7) is 1.39. The van der Waals surface area contributed by atoms with Gasteiger partial charge in [0, 0.05) is 12.7 Å². The van der Waals surface area contributed by atoms with Crippen molar-refractivity contribution in [2.45, 2.75) is 13.0 Å². The Morgan fingerprint density at radius 3 is 2.71 bits per heavy atom. The van der Waals surface area contributed by atoms with Crippen LogP contribution in [0.4, 0.5) is 10.1 Å². The fourth-order valence-electron chi connectivity index (χ4n) is 1.18. The lowest BCUT2D eigenvalue weighted by molar-refractivity contribution is -0.128. The molecule has 1 aromatic rings. The quantitative estimate of drug-likeness (QED) is 0.602. The highest BCUT2D eigenvalue weighted by Gasteiger charge is 2.20. The molecule has 0 bridgehead atoms. The molecular formula is C11H13FN2O3. The first-order valence-electron chi connectivity index (χ1n) is 4.93. The molecule has 0 spiro atoms. The van der Waals surface area contributed by atoms with Crippen molar-refractivity contribution >= 4 is 17.6 Å². The molecule has 3 N–H and O–H groups in total. The highest BCUT2D eigenvalue weighted by molar-refractivity contribution is 5.93. The van der Waals surface area contributed by atoms with E-state index in [0.717, 1.165) is 12.1 Å². The number of carbonyl (C=O) groups is 2. The van der Waals surface area contributed by atoms with Crippen molar-refractivity contribution in [2.24, 2.45) is 0 Å². The van der Waals surface area contributed by atoms with Gasteiger partial charge in [0.1, 0.15) is 5.82 Å². The third-order valence-corrected chi connectivity index (χ3v) is 2.11. The highest BCUT2D eigenvalue weighted by Crippen LogP contribution is 2.14. The largest absolute Gasteiger partial charge is 0.449 e. The normalized spacial score (nSPS) is 11.7. The molecule has 1 rings (SSSR count). The molecule has 0 aliphatic rings.